The highest BCUT2D eigenvalue weighted by molar-refractivity contribution is 6.35. The van der Waals surface area contributed by atoms with Crippen LogP contribution in [0.15, 0.2) is 60.7 Å². The number of carboxylic acids is 1. The molecule has 8 heteroatoms. The maximum Gasteiger partial charge on any atom is 0.337 e. The summed E-state index contributed by atoms with van der Waals surface area (Å²) in [5.41, 5.74) is 3.48. The summed E-state index contributed by atoms with van der Waals surface area (Å²) in [4.78, 5) is 13.9. The normalized spacial score (nSPS) is 13.6. The number of anilines is 2. The van der Waals surface area contributed by atoms with Crippen LogP contribution in [0.25, 0.3) is 0 Å². The third-order valence-corrected chi connectivity index (χ3v) is 6.02. The third-order valence-electron chi connectivity index (χ3n) is 5.43. The molecule has 0 spiro atoms. The van der Waals surface area contributed by atoms with Gasteiger partial charge in [-0.3, -0.25) is 0 Å². The maximum absolute atomic E-state index is 11.9. The molecule has 1 fully saturated rings. The first-order chi connectivity index (χ1) is 16.0. The number of hydrogen-bond donors (Lipinski definition) is 2. The number of aromatic carboxylic acids is 1. The zero-order valence-electron chi connectivity index (χ0n) is 17.9. The first-order valence-corrected chi connectivity index (χ1v) is 11.4. The molecule has 2 N–H and O–H groups in total. The van der Waals surface area contributed by atoms with Crippen molar-refractivity contribution in [2.45, 2.75) is 13.2 Å². The summed E-state index contributed by atoms with van der Waals surface area (Å²) in [6, 6.07) is 18.4. The van der Waals surface area contributed by atoms with Crippen LogP contribution in [0.1, 0.15) is 21.5 Å². The van der Waals surface area contributed by atoms with Crippen molar-refractivity contribution in [2.75, 3.05) is 36.5 Å². The van der Waals surface area contributed by atoms with Crippen LogP contribution in [0.5, 0.6) is 5.75 Å². The third kappa shape index (κ3) is 5.90. The van der Waals surface area contributed by atoms with Gasteiger partial charge < -0.3 is 24.8 Å². The zero-order chi connectivity index (χ0) is 23.2. The quantitative estimate of drug-likeness (QED) is 0.424. The Balaban J connectivity index is 1.45. The Morgan fingerprint density at radius 2 is 1.82 bits per heavy atom. The molecule has 0 aromatic heterocycles. The molecule has 33 heavy (non-hydrogen) atoms. The van der Waals surface area contributed by atoms with Gasteiger partial charge in [0.05, 0.1) is 24.5 Å². The second-order valence-corrected chi connectivity index (χ2v) is 8.47. The molecule has 6 nitrogen and oxygen atoms in total. The Hall–Kier alpha value is -2.93. The minimum atomic E-state index is -0.955. The molecule has 0 amide bonds. The number of para-hydroxylation sites is 1. The average molecular weight is 487 g/mol. The van der Waals surface area contributed by atoms with Gasteiger partial charge in [0.1, 0.15) is 12.4 Å². The van der Waals surface area contributed by atoms with E-state index in [0.717, 1.165) is 22.6 Å². The zero-order valence-corrected chi connectivity index (χ0v) is 19.4. The van der Waals surface area contributed by atoms with E-state index in [-0.39, 0.29) is 5.56 Å². The molecule has 1 saturated heterocycles. The Bertz CT molecular complexity index is 1130. The van der Waals surface area contributed by atoms with E-state index in [0.29, 0.717) is 55.2 Å². The van der Waals surface area contributed by atoms with Crippen molar-refractivity contribution in [1.29, 1.82) is 0 Å². The lowest BCUT2D eigenvalue weighted by molar-refractivity contribution is 0.0696. The Morgan fingerprint density at radius 1 is 1.03 bits per heavy atom. The minimum Gasteiger partial charge on any atom is -0.488 e. The molecular formula is C25H24Cl2N2O4. The van der Waals surface area contributed by atoms with E-state index in [4.69, 9.17) is 32.7 Å². The van der Waals surface area contributed by atoms with Crippen LogP contribution < -0.4 is 15.0 Å². The van der Waals surface area contributed by atoms with Crippen LogP contribution in [0, 0.1) is 0 Å². The smallest absolute Gasteiger partial charge is 0.337 e. The van der Waals surface area contributed by atoms with Crippen molar-refractivity contribution in [2.24, 2.45) is 0 Å². The van der Waals surface area contributed by atoms with Crippen LogP contribution in [0.3, 0.4) is 0 Å². The van der Waals surface area contributed by atoms with Crippen molar-refractivity contribution >= 4 is 40.5 Å². The molecule has 0 bridgehead atoms. The topological polar surface area (TPSA) is 71.0 Å². The van der Waals surface area contributed by atoms with E-state index < -0.39 is 5.97 Å². The number of carboxylic acid groups (broad SMARTS) is 1. The number of nitrogens with one attached hydrogen (secondary N) is 1. The second-order valence-electron chi connectivity index (χ2n) is 7.62. The summed E-state index contributed by atoms with van der Waals surface area (Å²) < 4.78 is 11.4. The second kappa shape index (κ2) is 10.8. The van der Waals surface area contributed by atoms with Gasteiger partial charge in [0.25, 0.3) is 0 Å². The van der Waals surface area contributed by atoms with Gasteiger partial charge in [0.15, 0.2) is 0 Å². The number of benzene rings is 3. The predicted octanol–water partition coefficient (Wildman–Crippen LogP) is 5.72. The van der Waals surface area contributed by atoms with Crippen molar-refractivity contribution < 1.29 is 19.4 Å². The number of morpholine rings is 1. The minimum absolute atomic E-state index is 0.267. The largest absolute Gasteiger partial charge is 0.488 e. The first-order valence-electron chi connectivity index (χ1n) is 10.6. The van der Waals surface area contributed by atoms with E-state index in [1.54, 1.807) is 18.2 Å². The highest BCUT2D eigenvalue weighted by atomic mass is 35.5. The lowest BCUT2D eigenvalue weighted by atomic mass is 10.1. The summed E-state index contributed by atoms with van der Waals surface area (Å²) in [5.74, 6) is -0.233. The monoisotopic (exact) mass is 486 g/mol. The average Bonchev–Trinajstić information content (AvgIpc) is 2.83. The molecule has 0 radical (unpaired) electrons. The van der Waals surface area contributed by atoms with Gasteiger partial charge in [-0.25, -0.2) is 4.79 Å². The lowest BCUT2D eigenvalue weighted by Gasteiger charge is -2.30. The Kier molecular flexibility index (Phi) is 7.60. The summed E-state index contributed by atoms with van der Waals surface area (Å²) in [6.07, 6.45) is 0. The molecule has 3 aromatic carbocycles. The highest BCUT2D eigenvalue weighted by Gasteiger charge is 2.19. The predicted molar refractivity (Wildman–Crippen MR) is 131 cm³/mol. The van der Waals surface area contributed by atoms with Crippen molar-refractivity contribution in [1.82, 2.24) is 0 Å². The van der Waals surface area contributed by atoms with E-state index in [9.17, 15) is 9.90 Å². The van der Waals surface area contributed by atoms with Crippen molar-refractivity contribution in [3.05, 3.63) is 87.4 Å². The fraction of sp³-hybridized carbons (Fsp3) is 0.240. The van der Waals surface area contributed by atoms with E-state index in [2.05, 4.69) is 5.32 Å². The number of rotatable bonds is 8. The van der Waals surface area contributed by atoms with Gasteiger partial charge in [-0.2, -0.15) is 0 Å². The van der Waals surface area contributed by atoms with Crippen LogP contribution in [-0.2, 0) is 17.9 Å². The fourth-order valence-corrected chi connectivity index (χ4v) is 4.14. The van der Waals surface area contributed by atoms with E-state index in [1.807, 2.05) is 47.4 Å². The molecule has 1 heterocycles. The van der Waals surface area contributed by atoms with E-state index >= 15 is 0 Å². The van der Waals surface area contributed by atoms with Gasteiger partial charge >= 0.3 is 5.97 Å². The number of nitrogens with zero attached hydrogens (tertiary/aromatic N) is 1. The lowest BCUT2D eigenvalue weighted by Crippen LogP contribution is -2.37. The number of hydrogen-bond acceptors (Lipinski definition) is 5. The molecule has 0 unspecified atom stereocenters. The van der Waals surface area contributed by atoms with Crippen LogP contribution >= 0.6 is 23.2 Å². The van der Waals surface area contributed by atoms with Crippen LogP contribution in [0.4, 0.5) is 11.4 Å². The van der Waals surface area contributed by atoms with Gasteiger partial charge in [-0.1, -0.05) is 47.5 Å². The molecule has 0 saturated carbocycles. The van der Waals surface area contributed by atoms with Gasteiger partial charge in [-0.15, -0.1) is 0 Å². The molecule has 1 aliphatic heterocycles. The number of carbonyl (C=O) groups is 1. The molecule has 0 atom stereocenters. The molecule has 1 aliphatic rings. The fourth-order valence-electron chi connectivity index (χ4n) is 3.68. The van der Waals surface area contributed by atoms with Crippen LogP contribution in [-0.4, -0.2) is 37.4 Å². The number of halogens is 2. The van der Waals surface area contributed by atoms with Crippen molar-refractivity contribution in [3.8, 4) is 5.75 Å². The maximum atomic E-state index is 11.9. The Morgan fingerprint density at radius 3 is 2.58 bits per heavy atom. The van der Waals surface area contributed by atoms with Gasteiger partial charge in [0.2, 0.25) is 0 Å². The van der Waals surface area contributed by atoms with Gasteiger partial charge in [0, 0.05) is 46.5 Å². The molecule has 4 rings (SSSR count). The molecule has 3 aromatic rings. The summed E-state index contributed by atoms with van der Waals surface area (Å²) in [7, 11) is 0. The van der Waals surface area contributed by atoms with Crippen LogP contribution in [0.2, 0.25) is 10.0 Å². The van der Waals surface area contributed by atoms with Crippen molar-refractivity contribution in [3.63, 3.8) is 0 Å². The molecule has 0 aliphatic carbocycles. The molecule has 172 valence electrons. The SMILES string of the molecule is O=C(O)c1cc(NCc2ccccc2OCc2ccc(Cl)cc2Cl)ccc1N1CCOCC1. The first kappa shape index (κ1) is 23.2. The Labute approximate surface area is 202 Å². The standard InChI is InChI=1S/C25H24Cl2N2O4/c26-19-6-5-18(22(27)13-19)16-33-24-4-2-1-3-17(24)15-28-20-7-8-23(21(14-20)25(30)31)29-9-11-32-12-10-29/h1-8,13-14,28H,9-12,15-16H2,(H,30,31). The summed E-state index contributed by atoms with van der Waals surface area (Å²) in [6.45, 7) is 3.32. The molecular weight excluding hydrogens is 463 g/mol. The summed E-state index contributed by atoms with van der Waals surface area (Å²) in [5, 5.41) is 14.2. The van der Waals surface area contributed by atoms with E-state index in [1.165, 1.54) is 0 Å². The summed E-state index contributed by atoms with van der Waals surface area (Å²) >= 11 is 12.2. The van der Waals surface area contributed by atoms with Gasteiger partial charge in [-0.05, 0) is 36.4 Å². The number of ether oxygens (including phenoxy) is 2. The highest BCUT2D eigenvalue weighted by Crippen LogP contribution is 2.28.